The van der Waals surface area contributed by atoms with Crippen LogP contribution < -0.4 is 20.1 Å². The molecule has 0 spiro atoms. The van der Waals surface area contributed by atoms with Crippen LogP contribution in [0.3, 0.4) is 0 Å². The summed E-state index contributed by atoms with van der Waals surface area (Å²) in [7, 11) is 1.55. The van der Waals surface area contributed by atoms with E-state index in [1.807, 2.05) is 36.4 Å². The highest BCUT2D eigenvalue weighted by Gasteiger charge is 2.35. The standard InChI is InChI=1S/C22H18N2O4/c1-28-19-9-5-4-8-18(19)24-20(14-10-12-15(13-11-14)22(26)27)23-17-7-3-2-6-16(17)21(24)25/h2-13,20,23H,1H3,(H,26,27)/p-1/t20-/m0/s1. The smallest absolute Gasteiger partial charge is 0.262 e. The molecule has 0 radical (unpaired) electrons. The maximum absolute atomic E-state index is 13.4. The van der Waals surface area contributed by atoms with Crippen LogP contribution in [0.5, 0.6) is 5.75 Å². The maximum Gasteiger partial charge on any atom is 0.262 e. The van der Waals surface area contributed by atoms with Crippen molar-refractivity contribution in [3.8, 4) is 5.75 Å². The fourth-order valence-corrected chi connectivity index (χ4v) is 3.37. The van der Waals surface area contributed by atoms with Gasteiger partial charge in [-0.15, -0.1) is 0 Å². The Labute approximate surface area is 162 Å². The summed E-state index contributed by atoms with van der Waals surface area (Å²) >= 11 is 0. The molecule has 28 heavy (non-hydrogen) atoms. The number of aromatic carboxylic acids is 1. The molecule has 1 N–H and O–H groups in total. The predicted molar refractivity (Wildman–Crippen MR) is 103 cm³/mol. The Balaban J connectivity index is 1.86. The van der Waals surface area contributed by atoms with Gasteiger partial charge in [0.05, 0.1) is 24.3 Å². The minimum atomic E-state index is -1.24. The van der Waals surface area contributed by atoms with Crippen LogP contribution in [0.2, 0.25) is 0 Å². The molecule has 3 aromatic rings. The van der Waals surface area contributed by atoms with Gasteiger partial charge in [-0.25, -0.2) is 0 Å². The highest BCUT2D eigenvalue weighted by Crippen LogP contribution is 2.40. The Bertz CT molecular complexity index is 1050. The molecule has 1 aliphatic rings. The number of carbonyl (C=O) groups is 2. The molecular weight excluding hydrogens is 356 g/mol. The van der Waals surface area contributed by atoms with Crippen LogP contribution >= 0.6 is 0 Å². The molecule has 0 bridgehead atoms. The quantitative estimate of drug-likeness (QED) is 0.761. The van der Waals surface area contributed by atoms with Gasteiger partial charge in [0.25, 0.3) is 5.91 Å². The van der Waals surface area contributed by atoms with Crippen LogP contribution in [0, 0.1) is 0 Å². The number of nitrogens with zero attached hydrogens (tertiary/aromatic N) is 1. The van der Waals surface area contributed by atoms with Gasteiger partial charge in [0, 0.05) is 5.69 Å². The van der Waals surface area contributed by atoms with Gasteiger partial charge in [-0.1, -0.05) is 48.5 Å². The normalized spacial score (nSPS) is 15.5. The molecule has 3 aromatic carbocycles. The molecule has 1 atom stereocenters. The molecule has 4 rings (SSSR count). The monoisotopic (exact) mass is 373 g/mol. The molecule has 1 heterocycles. The summed E-state index contributed by atoms with van der Waals surface area (Å²) in [6.07, 6.45) is -0.533. The number of fused-ring (bicyclic) bond motifs is 1. The third-order valence-electron chi connectivity index (χ3n) is 4.73. The zero-order valence-electron chi connectivity index (χ0n) is 15.1. The van der Waals surface area contributed by atoms with Crippen LogP contribution in [0.1, 0.15) is 32.4 Å². The van der Waals surface area contributed by atoms with Crippen molar-refractivity contribution in [2.75, 3.05) is 17.3 Å². The number of carbonyl (C=O) groups excluding carboxylic acids is 2. The number of carboxylic acids is 1. The number of benzene rings is 3. The minimum absolute atomic E-state index is 0.0788. The van der Waals surface area contributed by atoms with E-state index in [2.05, 4.69) is 5.32 Å². The number of hydrogen-bond donors (Lipinski definition) is 1. The van der Waals surface area contributed by atoms with Crippen LogP contribution in [0.4, 0.5) is 11.4 Å². The topological polar surface area (TPSA) is 81.7 Å². The Hall–Kier alpha value is -3.80. The third-order valence-corrected chi connectivity index (χ3v) is 4.73. The molecule has 0 aromatic heterocycles. The summed E-state index contributed by atoms with van der Waals surface area (Å²) in [4.78, 5) is 26.1. The summed E-state index contributed by atoms with van der Waals surface area (Å²) < 4.78 is 5.46. The van der Waals surface area contributed by atoms with E-state index in [9.17, 15) is 14.7 Å². The first-order valence-corrected chi connectivity index (χ1v) is 8.73. The SMILES string of the molecule is COc1ccccc1N1C(=O)c2ccccc2N[C@@H]1c1ccc(C(=O)[O-])cc1. The van der Waals surface area contributed by atoms with Crippen molar-refractivity contribution in [2.24, 2.45) is 0 Å². The van der Waals surface area contributed by atoms with Gasteiger partial charge in [-0.3, -0.25) is 9.69 Å². The summed E-state index contributed by atoms with van der Waals surface area (Å²) in [6, 6.07) is 20.8. The van der Waals surface area contributed by atoms with Gasteiger partial charge in [-0.05, 0) is 35.4 Å². The number of methoxy groups -OCH3 is 1. The highest BCUT2D eigenvalue weighted by atomic mass is 16.5. The van der Waals surface area contributed by atoms with Gasteiger partial charge in [0.2, 0.25) is 0 Å². The average Bonchev–Trinajstić information content (AvgIpc) is 2.74. The second-order valence-corrected chi connectivity index (χ2v) is 6.35. The molecule has 0 saturated heterocycles. The number of amides is 1. The molecule has 1 amide bonds. The van der Waals surface area contributed by atoms with Crippen molar-refractivity contribution in [3.63, 3.8) is 0 Å². The number of carboxylic acid groups (broad SMARTS) is 1. The van der Waals surface area contributed by atoms with E-state index < -0.39 is 12.1 Å². The van der Waals surface area contributed by atoms with Crippen molar-refractivity contribution in [2.45, 2.75) is 6.17 Å². The van der Waals surface area contributed by atoms with E-state index >= 15 is 0 Å². The Morgan fingerprint density at radius 3 is 2.39 bits per heavy atom. The van der Waals surface area contributed by atoms with Crippen LogP contribution in [-0.2, 0) is 0 Å². The average molecular weight is 373 g/mol. The Morgan fingerprint density at radius 1 is 1.00 bits per heavy atom. The Morgan fingerprint density at radius 2 is 1.68 bits per heavy atom. The lowest BCUT2D eigenvalue weighted by Gasteiger charge is -2.38. The lowest BCUT2D eigenvalue weighted by atomic mass is 10.0. The summed E-state index contributed by atoms with van der Waals surface area (Å²) in [6.45, 7) is 0. The number of ether oxygens (including phenoxy) is 1. The molecular formula is C22H17N2O4-. The molecule has 0 unspecified atom stereocenters. The van der Waals surface area contributed by atoms with E-state index in [1.54, 1.807) is 36.3 Å². The summed E-state index contributed by atoms with van der Waals surface area (Å²) in [5.41, 5.74) is 2.70. The minimum Gasteiger partial charge on any atom is -0.545 e. The highest BCUT2D eigenvalue weighted by molar-refractivity contribution is 6.12. The van der Waals surface area contributed by atoms with Crippen LogP contribution in [0.25, 0.3) is 0 Å². The van der Waals surface area contributed by atoms with E-state index in [0.29, 0.717) is 22.7 Å². The van der Waals surface area contributed by atoms with Crippen LogP contribution in [-0.4, -0.2) is 19.0 Å². The molecule has 1 aliphatic heterocycles. The number of rotatable bonds is 4. The molecule has 6 heteroatoms. The lowest BCUT2D eigenvalue weighted by Crippen LogP contribution is -2.43. The van der Waals surface area contributed by atoms with Gasteiger partial charge >= 0.3 is 0 Å². The number of hydrogen-bond acceptors (Lipinski definition) is 5. The third kappa shape index (κ3) is 2.95. The van der Waals surface area contributed by atoms with E-state index in [-0.39, 0.29) is 11.5 Å². The first-order valence-electron chi connectivity index (χ1n) is 8.73. The Kier molecular flexibility index (Phi) is 4.45. The molecule has 140 valence electrons. The summed E-state index contributed by atoms with van der Waals surface area (Å²) in [5, 5.41) is 14.4. The molecule has 0 fully saturated rings. The largest absolute Gasteiger partial charge is 0.545 e. The molecule has 0 aliphatic carbocycles. The first kappa shape index (κ1) is 17.6. The van der Waals surface area contributed by atoms with Crippen molar-refractivity contribution in [1.82, 2.24) is 0 Å². The second kappa shape index (κ2) is 7.08. The van der Waals surface area contributed by atoms with Crippen molar-refractivity contribution >= 4 is 23.3 Å². The van der Waals surface area contributed by atoms with Crippen molar-refractivity contribution in [1.29, 1.82) is 0 Å². The molecule has 6 nitrogen and oxygen atoms in total. The lowest BCUT2D eigenvalue weighted by molar-refractivity contribution is -0.255. The van der Waals surface area contributed by atoms with Gasteiger partial charge in [0.15, 0.2) is 0 Å². The number of nitrogens with one attached hydrogen (secondary N) is 1. The maximum atomic E-state index is 13.4. The zero-order chi connectivity index (χ0) is 19.7. The second-order valence-electron chi connectivity index (χ2n) is 6.35. The van der Waals surface area contributed by atoms with E-state index in [4.69, 9.17) is 4.74 Å². The van der Waals surface area contributed by atoms with Crippen molar-refractivity contribution < 1.29 is 19.4 Å². The van der Waals surface area contributed by atoms with Gasteiger partial charge < -0.3 is 20.0 Å². The van der Waals surface area contributed by atoms with Gasteiger partial charge in [-0.2, -0.15) is 0 Å². The fourth-order valence-electron chi connectivity index (χ4n) is 3.37. The summed E-state index contributed by atoms with van der Waals surface area (Å²) in [5.74, 6) is -0.854. The number of anilines is 2. The first-order chi connectivity index (χ1) is 13.6. The van der Waals surface area contributed by atoms with E-state index in [1.165, 1.54) is 12.1 Å². The van der Waals surface area contributed by atoms with Crippen LogP contribution in [0.15, 0.2) is 72.8 Å². The van der Waals surface area contributed by atoms with Gasteiger partial charge in [0.1, 0.15) is 11.9 Å². The fraction of sp³-hybridized carbons (Fsp3) is 0.0909. The number of para-hydroxylation sites is 3. The van der Waals surface area contributed by atoms with E-state index in [0.717, 1.165) is 5.56 Å². The predicted octanol–water partition coefficient (Wildman–Crippen LogP) is 2.83. The zero-order valence-corrected chi connectivity index (χ0v) is 15.1. The van der Waals surface area contributed by atoms with Crippen molar-refractivity contribution in [3.05, 3.63) is 89.5 Å². The molecule has 0 saturated carbocycles.